The van der Waals surface area contributed by atoms with Crippen LogP contribution in [0.15, 0.2) is 18.2 Å². The smallest absolute Gasteiger partial charge is 0.129 e. The van der Waals surface area contributed by atoms with Crippen molar-refractivity contribution in [3.05, 3.63) is 35.4 Å². The zero-order valence-corrected chi connectivity index (χ0v) is 13.2. The van der Waals surface area contributed by atoms with Crippen LogP contribution in [0, 0.1) is 23.5 Å². The zero-order valence-electron chi connectivity index (χ0n) is 13.2. The van der Waals surface area contributed by atoms with Gasteiger partial charge in [-0.1, -0.05) is 39.2 Å². The average molecular weight is 295 g/mol. The minimum Gasteiger partial charge on any atom is -0.316 e. The summed E-state index contributed by atoms with van der Waals surface area (Å²) in [6, 6.07) is 4.05. The lowest BCUT2D eigenvalue weighted by atomic mass is 9.76. The third kappa shape index (κ3) is 4.77. The summed E-state index contributed by atoms with van der Waals surface area (Å²) in [5.74, 6) is 0.365. The summed E-state index contributed by atoms with van der Waals surface area (Å²) in [4.78, 5) is 0. The highest BCUT2D eigenvalue weighted by atomic mass is 19.1. The first-order valence-corrected chi connectivity index (χ1v) is 8.23. The van der Waals surface area contributed by atoms with Gasteiger partial charge in [-0.15, -0.1) is 0 Å². The molecule has 1 aromatic rings. The first-order valence-electron chi connectivity index (χ1n) is 8.23. The van der Waals surface area contributed by atoms with E-state index >= 15 is 0 Å². The van der Waals surface area contributed by atoms with Crippen molar-refractivity contribution in [3.63, 3.8) is 0 Å². The Morgan fingerprint density at radius 3 is 2.43 bits per heavy atom. The van der Waals surface area contributed by atoms with Crippen molar-refractivity contribution >= 4 is 0 Å². The van der Waals surface area contributed by atoms with Crippen LogP contribution in [0.3, 0.4) is 0 Å². The molecule has 0 spiro atoms. The maximum atomic E-state index is 14.2. The Morgan fingerprint density at radius 1 is 1.10 bits per heavy atom. The summed E-state index contributed by atoms with van der Waals surface area (Å²) in [5.41, 5.74) is 0.680. The average Bonchev–Trinajstić information content (AvgIpc) is 2.45. The van der Waals surface area contributed by atoms with Gasteiger partial charge in [0.05, 0.1) is 0 Å². The molecule has 0 amide bonds. The van der Waals surface area contributed by atoms with Crippen molar-refractivity contribution in [2.45, 2.75) is 51.9 Å². The van der Waals surface area contributed by atoms with E-state index in [1.807, 2.05) is 0 Å². The highest BCUT2D eigenvalue weighted by molar-refractivity contribution is 5.24. The van der Waals surface area contributed by atoms with E-state index in [0.29, 0.717) is 17.4 Å². The molecule has 0 bridgehead atoms. The first-order chi connectivity index (χ1) is 10.1. The number of halogens is 2. The molecule has 1 N–H and O–H groups in total. The predicted molar refractivity (Wildman–Crippen MR) is 83.4 cm³/mol. The molecule has 3 heteroatoms. The van der Waals surface area contributed by atoms with Crippen LogP contribution >= 0.6 is 0 Å². The molecule has 118 valence electrons. The molecule has 1 nitrogen and oxygen atoms in total. The van der Waals surface area contributed by atoms with Crippen LogP contribution in [-0.2, 0) is 0 Å². The Labute approximate surface area is 127 Å². The third-order valence-corrected chi connectivity index (χ3v) is 4.50. The van der Waals surface area contributed by atoms with Crippen LogP contribution in [0.2, 0.25) is 0 Å². The zero-order chi connectivity index (χ0) is 15.2. The second-order valence-electron chi connectivity index (χ2n) is 6.72. The standard InChI is InChI=1S/C18H27F2N/c1-13(2)11-21-12-17(14-6-4-3-5-7-14)16-9-8-15(19)10-18(16)20/h8-10,13-14,17,21H,3-7,11-12H2,1-2H3. The summed E-state index contributed by atoms with van der Waals surface area (Å²) in [6.07, 6.45) is 6.06. The molecule has 1 unspecified atom stereocenters. The van der Waals surface area contributed by atoms with Crippen LogP contribution in [-0.4, -0.2) is 13.1 Å². The van der Waals surface area contributed by atoms with E-state index in [1.54, 1.807) is 6.07 Å². The Bertz CT molecular complexity index is 439. The largest absolute Gasteiger partial charge is 0.316 e. The molecule has 1 aromatic carbocycles. The molecule has 0 heterocycles. The van der Waals surface area contributed by atoms with Crippen LogP contribution in [0.25, 0.3) is 0 Å². The first kappa shape index (κ1) is 16.4. The van der Waals surface area contributed by atoms with Gasteiger partial charge in [-0.3, -0.25) is 0 Å². The van der Waals surface area contributed by atoms with Crippen LogP contribution < -0.4 is 5.32 Å². The van der Waals surface area contributed by atoms with Gasteiger partial charge in [0.2, 0.25) is 0 Å². The fraction of sp³-hybridized carbons (Fsp3) is 0.667. The van der Waals surface area contributed by atoms with Gasteiger partial charge in [0.25, 0.3) is 0 Å². The SMILES string of the molecule is CC(C)CNCC(c1ccc(F)cc1F)C1CCCCC1. The summed E-state index contributed by atoms with van der Waals surface area (Å²) in [6.45, 7) is 6.06. The van der Waals surface area contributed by atoms with Gasteiger partial charge in [-0.05, 0) is 42.9 Å². The van der Waals surface area contributed by atoms with Crippen molar-refractivity contribution in [3.8, 4) is 0 Å². The molecule has 1 fully saturated rings. The van der Waals surface area contributed by atoms with Crippen molar-refractivity contribution in [1.29, 1.82) is 0 Å². The van der Waals surface area contributed by atoms with E-state index in [2.05, 4.69) is 19.2 Å². The summed E-state index contributed by atoms with van der Waals surface area (Å²) >= 11 is 0. The molecule has 2 rings (SSSR count). The molecule has 1 atom stereocenters. The minimum atomic E-state index is -0.492. The predicted octanol–water partition coefficient (Wildman–Crippen LogP) is 4.87. The van der Waals surface area contributed by atoms with E-state index in [-0.39, 0.29) is 5.92 Å². The third-order valence-electron chi connectivity index (χ3n) is 4.50. The van der Waals surface area contributed by atoms with Gasteiger partial charge in [-0.25, -0.2) is 8.78 Å². The van der Waals surface area contributed by atoms with E-state index in [4.69, 9.17) is 0 Å². The lowest BCUT2D eigenvalue weighted by Gasteiger charge is -2.31. The Morgan fingerprint density at radius 2 is 1.81 bits per heavy atom. The lowest BCUT2D eigenvalue weighted by Crippen LogP contribution is -2.30. The van der Waals surface area contributed by atoms with E-state index in [0.717, 1.165) is 32.0 Å². The van der Waals surface area contributed by atoms with Crippen molar-refractivity contribution < 1.29 is 8.78 Å². The summed E-state index contributed by atoms with van der Waals surface area (Å²) in [5, 5.41) is 3.46. The molecule has 1 aliphatic carbocycles. The molecule has 0 aromatic heterocycles. The highest BCUT2D eigenvalue weighted by Crippen LogP contribution is 2.36. The van der Waals surface area contributed by atoms with Crippen molar-refractivity contribution in [1.82, 2.24) is 5.32 Å². The van der Waals surface area contributed by atoms with Crippen LogP contribution in [0.1, 0.15) is 57.4 Å². The second-order valence-corrected chi connectivity index (χ2v) is 6.72. The van der Waals surface area contributed by atoms with Gasteiger partial charge in [-0.2, -0.15) is 0 Å². The Kier molecular flexibility index (Phi) is 6.16. The van der Waals surface area contributed by atoms with Gasteiger partial charge >= 0.3 is 0 Å². The van der Waals surface area contributed by atoms with Gasteiger partial charge in [0, 0.05) is 18.5 Å². The minimum absolute atomic E-state index is 0.157. The molecule has 0 radical (unpaired) electrons. The summed E-state index contributed by atoms with van der Waals surface area (Å²) in [7, 11) is 0. The molecule has 0 saturated heterocycles. The monoisotopic (exact) mass is 295 g/mol. The Balaban J connectivity index is 2.13. The lowest BCUT2D eigenvalue weighted by molar-refractivity contribution is 0.290. The Hall–Kier alpha value is -0.960. The molecule has 0 aliphatic heterocycles. The topological polar surface area (TPSA) is 12.0 Å². The highest BCUT2D eigenvalue weighted by Gasteiger charge is 2.27. The van der Waals surface area contributed by atoms with Crippen LogP contribution in [0.4, 0.5) is 8.78 Å². The van der Waals surface area contributed by atoms with Crippen LogP contribution in [0.5, 0.6) is 0 Å². The van der Waals surface area contributed by atoms with E-state index in [9.17, 15) is 8.78 Å². The van der Waals surface area contributed by atoms with Gasteiger partial charge in [0.15, 0.2) is 0 Å². The summed E-state index contributed by atoms with van der Waals surface area (Å²) < 4.78 is 27.3. The number of benzene rings is 1. The van der Waals surface area contributed by atoms with Gasteiger partial charge < -0.3 is 5.32 Å². The van der Waals surface area contributed by atoms with Gasteiger partial charge in [0.1, 0.15) is 11.6 Å². The van der Waals surface area contributed by atoms with E-state index < -0.39 is 11.6 Å². The second kappa shape index (κ2) is 7.88. The van der Waals surface area contributed by atoms with E-state index in [1.165, 1.54) is 25.3 Å². The molecular weight excluding hydrogens is 268 g/mol. The molecule has 1 aliphatic rings. The number of hydrogen-bond donors (Lipinski definition) is 1. The van der Waals surface area contributed by atoms with Crippen molar-refractivity contribution in [2.75, 3.05) is 13.1 Å². The quantitative estimate of drug-likeness (QED) is 0.789. The number of rotatable bonds is 6. The fourth-order valence-electron chi connectivity index (χ4n) is 3.40. The maximum absolute atomic E-state index is 14.2. The maximum Gasteiger partial charge on any atom is 0.129 e. The molecule has 21 heavy (non-hydrogen) atoms. The number of nitrogens with one attached hydrogen (secondary N) is 1. The molecule has 1 saturated carbocycles. The normalized spacial score (nSPS) is 18.1. The number of hydrogen-bond acceptors (Lipinski definition) is 1. The fourth-order valence-corrected chi connectivity index (χ4v) is 3.40. The van der Waals surface area contributed by atoms with Crippen molar-refractivity contribution in [2.24, 2.45) is 11.8 Å². The molecular formula is C18H27F2N.